The van der Waals surface area contributed by atoms with Crippen molar-refractivity contribution in [3.63, 3.8) is 0 Å². The van der Waals surface area contributed by atoms with E-state index in [1.165, 1.54) is 30.1 Å². The Labute approximate surface area is 148 Å². The van der Waals surface area contributed by atoms with Gasteiger partial charge in [0, 0.05) is 24.8 Å². The minimum atomic E-state index is -0.138. The molecule has 1 aromatic heterocycles. The summed E-state index contributed by atoms with van der Waals surface area (Å²) in [4.78, 5) is 14.3. The van der Waals surface area contributed by atoms with Crippen molar-refractivity contribution >= 4 is 12.4 Å². The van der Waals surface area contributed by atoms with Crippen LogP contribution in [-0.2, 0) is 0 Å². The first kappa shape index (κ1) is 18.5. The molecule has 0 bridgehead atoms. The highest BCUT2D eigenvalue weighted by Gasteiger charge is 2.18. The van der Waals surface area contributed by atoms with E-state index >= 15 is 0 Å². The van der Waals surface area contributed by atoms with Gasteiger partial charge in [0.05, 0.1) is 12.3 Å². The van der Waals surface area contributed by atoms with Crippen molar-refractivity contribution in [1.29, 1.82) is 0 Å². The number of rotatable bonds is 6. The molecule has 1 atom stereocenters. The molecular weight excluding hydrogens is 326 g/mol. The second-order valence-corrected chi connectivity index (χ2v) is 6.00. The lowest BCUT2D eigenvalue weighted by molar-refractivity contribution is 0.230. The largest absolute Gasteiger partial charge is 0.494 e. The third-order valence-electron chi connectivity index (χ3n) is 4.35. The zero-order valence-electron chi connectivity index (χ0n) is 13.9. The van der Waals surface area contributed by atoms with Gasteiger partial charge in [0.1, 0.15) is 5.75 Å². The molecule has 0 spiro atoms. The van der Waals surface area contributed by atoms with Crippen molar-refractivity contribution in [3.8, 4) is 11.4 Å². The number of benzene rings is 1. The van der Waals surface area contributed by atoms with E-state index in [1.807, 2.05) is 24.3 Å². The summed E-state index contributed by atoms with van der Waals surface area (Å²) < 4.78 is 7.16. The SMILES string of the molecule is C[C@@H]1CCCN1CCCOc1ccc(-n2ncccc2=O)cc1.Cl. The lowest BCUT2D eigenvalue weighted by Gasteiger charge is -2.20. The molecule has 3 rings (SSSR count). The Balaban J connectivity index is 0.00000208. The van der Waals surface area contributed by atoms with Gasteiger partial charge in [-0.2, -0.15) is 9.78 Å². The van der Waals surface area contributed by atoms with Gasteiger partial charge in [-0.15, -0.1) is 12.4 Å². The van der Waals surface area contributed by atoms with Crippen LogP contribution in [0, 0.1) is 0 Å². The molecule has 24 heavy (non-hydrogen) atoms. The standard InChI is InChI=1S/C18H23N3O2.ClH/c1-15-5-3-12-20(15)13-4-14-23-17-9-7-16(8-10-17)21-18(22)6-2-11-19-21;/h2,6-11,15H,3-5,12-14H2,1H3;1H/t15-;/m1./s1. The second kappa shape index (κ2) is 8.85. The quantitative estimate of drug-likeness (QED) is 0.752. The average Bonchev–Trinajstić information content (AvgIpc) is 2.98. The zero-order chi connectivity index (χ0) is 16.1. The maximum absolute atomic E-state index is 11.7. The van der Waals surface area contributed by atoms with Gasteiger partial charge in [-0.1, -0.05) is 0 Å². The second-order valence-electron chi connectivity index (χ2n) is 6.00. The van der Waals surface area contributed by atoms with Crippen molar-refractivity contribution in [1.82, 2.24) is 14.7 Å². The number of halogens is 1. The summed E-state index contributed by atoms with van der Waals surface area (Å²) in [5.41, 5.74) is 0.606. The molecule has 0 aliphatic carbocycles. The summed E-state index contributed by atoms with van der Waals surface area (Å²) in [7, 11) is 0. The maximum atomic E-state index is 11.7. The molecule has 1 aliphatic rings. The molecule has 2 heterocycles. The molecule has 1 aliphatic heterocycles. The summed E-state index contributed by atoms with van der Waals surface area (Å²) in [5, 5.41) is 4.06. The van der Waals surface area contributed by atoms with E-state index in [-0.39, 0.29) is 18.0 Å². The Bertz CT molecular complexity index is 687. The molecule has 5 nitrogen and oxygen atoms in total. The Morgan fingerprint density at radius 1 is 1.25 bits per heavy atom. The van der Waals surface area contributed by atoms with E-state index in [2.05, 4.69) is 16.9 Å². The molecule has 130 valence electrons. The van der Waals surface area contributed by atoms with Gasteiger partial charge in [0.15, 0.2) is 0 Å². The van der Waals surface area contributed by atoms with Crippen molar-refractivity contribution in [3.05, 3.63) is 52.9 Å². The molecule has 1 aromatic carbocycles. The molecule has 1 fully saturated rings. The summed E-state index contributed by atoms with van der Waals surface area (Å²) >= 11 is 0. The van der Waals surface area contributed by atoms with Crippen molar-refractivity contribution in [2.24, 2.45) is 0 Å². The summed E-state index contributed by atoms with van der Waals surface area (Å²) in [6.07, 6.45) is 5.27. The Morgan fingerprint density at radius 3 is 2.71 bits per heavy atom. The number of aromatic nitrogens is 2. The van der Waals surface area contributed by atoms with Crippen LogP contribution in [0.15, 0.2) is 47.4 Å². The van der Waals surface area contributed by atoms with E-state index in [9.17, 15) is 4.79 Å². The molecular formula is C18H24ClN3O2. The third kappa shape index (κ3) is 4.58. The average molecular weight is 350 g/mol. The number of likely N-dealkylation sites (tertiary alicyclic amines) is 1. The van der Waals surface area contributed by atoms with Gasteiger partial charge >= 0.3 is 0 Å². The summed E-state index contributed by atoms with van der Waals surface area (Å²) in [5.74, 6) is 0.826. The van der Waals surface area contributed by atoms with Crippen LogP contribution >= 0.6 is 12.4 Å². The van der Waals surface area contributed by atoms with Gasteiger partial charge < -0.3 is 9.64 Å². The first-order valence-electron chi connectivity index (χ1n) is 8.26. The van der Waals surface area contributed by atoms with Crippen LogP contribution in [0.5, 0.6) is 5.75 Å². The predicted octanol–water partition coefficient (Wildman–Crippen LogP) is 2.91. The predicted molar refractivity (Wildman–Crippen MR) is 97.5 cm³/mol. The van der Waals surface area contributed by atoms with Gasteiger partial charge in [0.2, 0.25) is 0 Å². The smallest absolute Gasteiger partial charge is 0.271 e. The van der Waals surface area contributed by atoms with Crippen LogP contribution in [-0.4, -0.2) is 40.4 Å². The normalized spacial score (nSPS) is 17.5. The fourth-order valence-corrected chi connectivity index (χ4v) is 3.02. The Kier molecular flexibility index (Phi) is 6.82. The van der Waals surface area contributed by atoms with Crippen LogP contribution in [0.4, 0.5) is 0 Å². The van der Waals surface area contributed by atoms with Gasteiger partial charge in [-0.05, 0) is 63.1 Å². The van der Waals surface area contributed by atoms with E-state index < -0.39 is 0 Å². The van der Waals surface area contributed by atoms with Crippen LogP contribution in [0.3, 0.4) is 0 Å². The molecule has 0 saturated carbocycles. The minimum Gasteiger partial charge on any atom is -0.494 e. The van der Waals surface area contributed by atoms with Crippen LogP contribution in [0.25, 0.3) is 5.69 Å². The van der Waals surface area contributed by atoms with E-state index in [0.29, 0.717) is 12.6 Å². The first-order chi connectivity index (χ1) is 11.2. The van der Waals surface area contributed by atoms with Crippen LogP contribution in [0.1, 0.15) is 26.2 Å². The van der Waals surface area contributed by atoms with Crippen molar-refractivity contribution in [2.75, 3.05) is 19.7 Å². The lowest BCUT2D eigenvalue weighted by Crippen LogP contribution is -2.28. The fourth-order valence-electron chi connectivity index (χ4n) is 3.02. The number of hydrogen-bond acceptors (Lipinski definition) is 4. The monoisotopic (exact) mass is 349 g/mol. The maximum Gasteiger partial charge on any atom is 0.271 e. The van der Waals surface area contributed by atoms with Gasteiger partial charge in [-0.25, -0.2) is 0 Å². The molecule has 2 aromatic rings. The van der Waals surface area contributed by atoms with Crippen LogP contribution in [0.2, 0.25) is 0 Å². The van der Waals surface area contributed by atoms with Gasteiger partial charge in [0.25, 0.3) is 5.56 Å². The van der Waals surface area contributed by atoms with E-state index in [4.69, 9.17) is 4.74 Å². The van der Waals surface area contributed by atoms with E-state index in [1.54, 1.807) is 12.3 Å². The molecule has 0 radical (unpaired) electrons. The Morgan fingerprint density at radius 2 is 2.04 bits per heavy atom. The van der Waals surface area contributed by atoms with E-state index in [0.717, 1.165) is 24.4 Å². The third-order valence-corrected chi connectivity index (χ3v) is 4.35. The van der Waals surface area contributed by atoms with Gasteiger partial charge in [-0.3, -0.25) is 4.79 Å². The van der Waals surface area contributed by atoms with Crippen LogP contribution < -0.4 is 10.3 Å². The fraction of sp³-hybridized carbons (Fsp3) is 0.444. The highest BCUT2D eigenvalue weighted by atomic mass is 35.5. The number of hydrogen-bond donors (Lipinski definition) is 0. The van der Waals surface area contributed by atoms with Crippen molar-refractivity contribution in [2.45, 2.75) is 32.2 Å². The summed E-state index contributed by atoms with van der Waals surface area (Å²) in [6, 6.07) is 11.3. The number of ether oxygens (including phenoxy) is 1. The highest BCUT2D eigenvalue weighted by Crippen LogP contribution is 2.17. The zero-order valence-corrected chi connectivity index (χ0v) is 14.7. The highest BCUT2D eigenvalue weighted by molar-refractivity contribution is 5.85. The molecule has 0 unspecified atom stereocenters. The molecule has 6 heteroatoms. The summed E-state index contributed by atoms with van der Waals surface area (Å²) in [6.45, 7) is 5.33. The molecule has 0 amide bonds. The molecule has 0 N–H and O–H groups in total. The lowest BCUT2D eigenvalue weighted by atomic mass is 10.2. The van der Waals surface area contributed by atoms with Crippen molar-refractivity contribution < 1.29 is 4.74 Å². The first-order valence-corrected chi connectivity index (χ1v) is 8.26. The topological polar surface area (TPSA) is 47.4 Å². The molecule has 1 saturated heterocycles. The number of nitrogens with zero attached hydrogens (tertiary/aromatic N) is 3. The Hall–Kier alpha value is -1.85. The minimum absolute atomic E-state index is 0.